The maximum absolute atomic E-state index is 14.2. The van der Waals surface area contributed by atoms with Gasteiger partial charge in [-0.1, -0.05) is 22.0 Å². The Labute approximate surface area is 148 Å². The van der Waals surface area contributed by atoms with Crippen molar-refractivity contribution in [1.29, 1.82) is 0 Å². The summed E-state index contributed by atoms with van der Waals surface area (Å²) in [6, 6.07) is 10.5. The van der Waals surface area contributed by atoms with Crippen LogP contribution in [0.15, 0.2) is 40.9 Å². The molecule has 5 heteroatoms. The average Bonchev–Trinajstić information content (AvgIpc) is 2.90. The van der Waals surface area contributed by atoms with Gasteiger partial charge < -0.3 is 10.3 Å². The van der Waals surface area contributed by atoms with Gasteiger partial charge in [-0.25, -0.2) is 4.39 Å². The van der Waals surface area contributed by atoms with E-state index in [4.69, 9.17) is 0 Å². The molecule has 0 saturated carbocycles. The van der Waals surface area contributed by atoms with Crippen LogP contribution >= 0.6 is 15.9 Å². The van der Waals surface area contributed by atoms with E-state index in [0.717, 1.165) is 26.8 Å². The minimum atomic E-state index is -0.228. The van der Waals surface area contributed by atoms with Crippen molar-refractivity contribution < 1.29 is 9.18 Å². The lowest BCUT2D eigenvalue weighted by atomic mass is 10.0. The van der Waals surface area contributed by atoms with Crippen LogP contribution in [-0.4, -0.2) is 17.4 Å². The van der Waals surface area contributed by atoms with Crippen LogP contribution in [0.2, 0.25) is 0 Å². The Bertz CT molecular complexity index is 900. The summed E-state index contributed by atoms with van der Waals surface area (Å²) in [5.41, 5.74) is 4.32. The van der Waals surface area contributed by atoms with Gasteiger partial charge in [0.05, 0.1) is 5.52 Å². The second-order valence-electron chi connectivity index (χ2n) is 5.86. The second kappa shape index (κ2) is 6.77. The smallest absolute Gasteiger partial charge is 0.251 e. The number of rotatable bonds is 4. The third kappa shape index (κ3) is 3.22. The van der Waals surface area contributed by atoms with Crippen LogP contribution in [0, 0.1) is 19.7 Å². The Kier molecular flexibility index (Phi) is 4.71. The molecule has 0 aliphatic rings. The summed E-state index contributed by atoms with van der Waals surface area (Å²) in [5.74, 6) is -0.356. The molecular formula is C19H18BrFN2O. The van der Waals surface area contributed by atoms with E-state index in [-0.39, 0.29) is 11.7 Å². The largest absolute Gasteiger partial charge is 0.358 e. The first-order valence-electron chi connectivity index (χ1n) is 7.77. The number of aromatic nitrogens is 1. The third-order valence-electron chi connectivity index (χ3n) is 4.20. The van der Waals surface area contributed by atoms with Gasteiger partial charge in [0.15, 0.2) is 0 Å². The summed E-state index contributed by atoms with van der Waals surface area (Å²) in [6.07, 6.45) is 0.578. The Balaban J connectivity index is 1.74. The number of aryl methyl sites for hydroxylation is 2. The van der Waals surface area contributed by atoms with Crippen LogP contribution in [0.25, 0.3) is 10.9 Å². The fourth-order valence-electron chi connectivity index (χ4n) is 2.90. The lowest BCUT2D eigenvalue weighted by Crippen LogP contribution is -2.25. The number of aromatic amines is 1. The molecule has 0 fully saturated rings. The van der Waals surface area contributed by atoms with Gasteiger partial charge in [-0.15, -0.1) is 0 Å². The van der Waals surface area contributed by atoms with Gasteiger partial charge in [-0.3, -0.25) is 4.79 Å². The van der Waals surface area contributed by atoms with Crippen LogP contribution in [0.3, 0.4) is 0 Å². The molecule has 0 aliphatic carbocycles. The van der Waals surface area contributed by atoms with E-state index in [1.165, 1.54) is 6.07 Å². The van der Waals surface area contributed by atoms with Crippen molar-refractivity contribution in [3.63, 3.8) is 0 Å². The Hall–Kier alpha value is -2.14. The highest BCUT2D eigenvalue weighted by molar-refractivity contribution is 9.10. The molecule has 3 rings (SSSR count). The predicted molar refractivity (Wildman–Crippen MR) is 97.9 cm³/mol. The Morgan fingerprint density at radius 1 is 1.17 bits per heavy atom. The summed E-state index contributed by atoms with van der Waals surface area (Å²) in [7, 11) is 0. The van der Waals surface area contributed by atoms with E-state index in [1.807, 2.05) is 26.0 Å². The SMILES string of the molecule is Cc1[nH]c2c(C)ccc(F)c2c1CCNC(=O)c1ccc(Br)cc1. The monoisotopic (exact) mass is 388 g/mol. The number of carbonyl (C=O) groups excluding carboxylic acids is 1. The van der Waals surface area contributed by atoms with Crippen LogP contribution in [0.5, 0.6) is 0 Å². The highest BCUT2D eigenvalue weighted by atomic mass is 79.9. The average molecular weight is 389 g/mol. The molecule has 24 heavy (non-hydrogen) atoms. The number of carbonyl (C=O) groups is 1. The van der Waals surface area contributed by atoms with Crippen molar-refractivity contribution in [3.8, 4) is 0 Å². The fraction of sp³-hybridized carbons (Fsp3) is 0.211. The summed E-state index contributed by atoms with van der Waals surface area (Å²) in [5, 5.41) is 3.52. The van der Waals surface area contributed by atoms with Crippen molar-refractivity contribution in [3.05, 3.63) is 69.1 Å². The highest BCUT2D eigenvalue weighted by Crippen LogP contribution is 2.27. The van der Waals surface area contributed by atoms with E-state index >= 15 is 0 Å². The van der Waals surface area contributed by atoms with Gasteiger partial charge in [-0.05, 0) is 61.7 Å². The summed E-state index contributed by atoms with van der Waals surface area (Å²) in [6.45, 7) is 4.34. The molecule has 3 aromatic rings. The van der Waals surface area contributed by atoms with E-state index in [0.29, 0.717) is 23.9 Å². The summed E-state index contributed by atoms with van der Waals surface area (Å²) in [4.78, 5) is 15.4. The number of hydrogen-bond donors (Lipinski definition) is 2. The molecular weight excluding hydrogens is 371 g/mol. The zero-order valence-corrected chi connectivity index (χ0v) is 15.1. The van der Waals surface area contributed by atoms with Crippen LogP contribution < -0.4 is 5.32 Å². The molecule has 1 aromatic heterocycles. The van der Waals surface area contributed by atoms with Crippen molar-refractivity contribution in [1.82, 2.24) is 10.3 Å². The van der Waals surface area contributed by atoms with Crippen molar-refractivity contribution in [2.24, 2.45) is 0 Å². The molecule has 0 radical (unpaired) electrons. The van der Waals surface area contributed by atoms with Crippen molar-refractivity contribution >= 4 is 32.7 Å². The molecule has 2 N–H and O–H groups in total. The number of hydrogen-bond acceptors (Lipinski definition) is 1. The van der Waals surface area contributed by atoms with Crippen molar-refractivity contribution in [2.75, 3.05) is 6.54 Å². The minimum Gasteiger partial charge on any atom is -0.358 e. The molecule has 124 valence electrons. The fourth-order valence-corrected chi connectivity index (χ4v) is 3.17. The number of benzene rings is 2. The molecule has 3 nitrogen and oxygen atoms in total. The highest BCUT2D eigenvalue weighted by Gasteiger charge is 2.14. The van der Waals surface area contributed by atoms with Gasteiger partial charge in [-0.2, -0.15) is 0 Å². The maximum Gasteiger partial charge on any atom is 0.251 e. The maximum atomic E-state index is 14.2. The van der Waals surface area contributed by atoms with E-state index in [2.05, 4.69) is 26.2 Å². The lowest BCUT2D eigenvalue weighted by Gasteiger charge is -2.06. The topological polar surface area (TPSA) is 44.9 Å². The summed E-state index contributed by atoms with van der Waals surface area (Å²) < 4.78 is 15.1. The number of halogens is 2. The zero-order valence-electron chi connectivity index (χ0n) is 13.5. The van der Waals surface area contributed by atoms with Gasteiger partial charge >= 0.3 is 0 Å². The number of amides is 1. The van der Waals surface area contributed by atoms with Crippen LogP contribution in [0.1, 0.15) is 27.2 Å². The summed E-state index contributed by atoms with van der Waals surface area (Å²) >= 11 is 3.35. The van der Waals surface area contributed by atoms with Crippen LogP contribution in [0.4, 0.5) is 4.39 Å². The number of fused-ring (bicyclic) bond motifs is 1. The predicted octanol–water partition coefficient (Wildman–Crippen LogP) is 4.66. The Morgan fingerprint density at radius 2 is 1.88 bits per heavy atom. The van der Waals surface area contributed by atoms with Crippen molar-refractivity contribution in [2.45, 2.75) is 20.3 Å². The lowest BCUT2D eigenvalue weighted by molar-refractivity contribution is 0.0954. The molecule has 1 heterocycles. The molecule has 2 aromatic carbocycles. The van der Waals surface area contributed by atoms with Crippen LogP contribution in [-0.2, 0) is 6.42 Å². The minimum absolute atomic E-state index is 0.128. The Morgan fingerprint density at radius 3 is 2.58 bits per heavy atom. The molecule has 0 unspecified atom stereocenters. The molecule has 0 aliphatic heterocycles. The van der Waals surface area contributed by atoms with E-state index in [9.17, 15) is 9.18 Å². The molecule has 0 atom stereocenters. The van der Waals surface area contributed by atoms with Gasteiger partial charge in [0, 0.05) is 27.7 Å². The van der Waals surface area contributed by atoms with E-state index < -0.39 is 0 Å². The van der Waals surface area contributed by atoms with Gasteiger partial charge in [0.2, 0.25) is 0 Å². The standard InChI is InChI=1S/C19H18BrFN2O/c1-11-3-8-16(21)17-15(12(2)23-18(11)17)9-10-22-19(24)13-4-6-14(20)7-5-13/h3-8,23H,9-10H2,1-2H3,(H,22,24). The number of nitrogens with one attached hydrogen (secondary N) is 2. The quantitative estimate of drug-likeness (QED) is 0.670. The number of H-pyrrole nitrogens is 1. The molecule has 0 spiro atoms. The van der Waals surface area contributed by atoms with E-state index in [1.54, 1.807) is 18.2 Å². The molecule has 0 bridgehead atoms. The normalized spacial score (nSPS) is 11.0. The molecule has 1 amide bonds. The first-order valence-corrected chi connectivity index (χ1v) is 8.56. The molecule has 0 saturated heterocycles. The first-order chi connectivity index (χ1) is 11.5. The van der Waals surface area contributed by atoms with Gasteiger partial charge in [0.1, 0.15) is 5.82 Å². The zero-order chi connectivity index (χ0) is 17.3. The first kappa shape index (κ1) is 16.7. The second-order valence-corrected chi connectivity index (χ2v) is 6.77. The third-order valence-corrected chi connectivity index (χ3v) is 4.73. The van der Waals surface area contributed by atoms with Gasteiger partial charge in [0.25, 0.3) is 5.91 Å².